The van der Waals surface area contributed by atoms with Crippen LogP contribution in [0.4, 0.5) is 0 Å². The van der Waals surface area contributed by atoms with Crippen molar-refractivity contribution in [2.75, 3.05) is 19.6 Å². The van der Waals surface area contributed by atoms with Crippen molar-refractivity contribution in [3.63, 3.8) is 0 Å². The van der Waals surface area contributed by atoms with E-state index in [1.807, 2.05) is 0 Å². The number of aromatic nitrogens is 2. The molecule has 0 aromatic carbocycles. The molecule has 18 heavy (non-hydrogen) atoms. The lowest BCUT2D eigenvalue weighted by Gasteiger charge is -2.22. The fourth-order valence-corrected chi connectivity index (χ4v) is 2.35. The van der Waals surface area contributed by atoms with Gasteiger partial charge in [0, 0.05) is 31.8 Å². The van der Waals surface area contributed by atoms with Crippen LogP contribution in [0.3, 0.4) is 0 Å². The highest BCUT2D eigenvalue weighted by Crippen LogP contribution is 2.17. The summed E-state index contributed by atoms with van der Waals surface area (Å²) in [5.41, 5.74) is 0. The molecule has 0 unspecified atom stereocenters. The average Bonchev–Trinajstić information content (AvgIpc) is 2.91. The van der Waals surface area contributed by atoms with Crippen molar-refractivity contribution in [2.24, 2.45) is 5.92 Å². The van der Waals surface area contributed by atoms with Gasteiger partial charge in [0.15, 0.2) is 0 Å². The highest BCUT2D eigenvalue weighted by Gasteiger charge is 2.14. The number of imidazole rings is 1. The maximum atomic E-state index is 11.7. The first-order valence-electron chi connectivity index (χ1n) is 6.80. The van der Waals surface area contributed by atoms with Crippen molar-refractivity contribution < 1.29 is 4.79 Å². The summed E-state index contributed by atoms with van der Waals surface area (Å²) < 4.78 is 0. The van der Waals surface area contributed by atoms with Gasteiger partial charge in [0.25, 0.3) is 0 Å². The number of aromatic amines is 1. The molecule has 2 heterocycles. The highest BCUT2D eigenvalue weighted by molar-refractivity contribution is 5.75. The molecule has 1 amide bonds. The van der Waals surface area contributed by atoms with Crippen LogP contribution in [0.25, 0.3) is 0 Å². The van der Waals surface area contributed by atoms with E-state index in [0.717, 1.165) is 37.7 Å². The molecular formula is C13H22N4O. The molecule has 5 heteroatoms. The lowest BCUT2D eigenvalue weighted by molar-refractivity contribution is -0.121. The van der Waals surface area contributed by atoms with E-state index in [1.165, 1.54) is 12.8 Å². The number of H-pyrrole nitrogens is 1. The third-order valence-electron chi connectivity index (χ3n) is 3.48. The summed E-state index contributed by atoms with van der Waals surface area (Å²) in [5, 5.41) is 6.29. The van der Waals surface area contributed by atoms with Gasteiger partial charge in [0.1, 0.15) is 5.82 Å². The number of hydrogen-bond donors (Lipinski definition) is 3. The van der Waals surface area contributed by atoms with E-state index in [9.17, 15) is 4.79 Å². The van der Waals surface area contributed by atoms with Gasteiger partial charge in [-0.1, -0.05) is 0 Å². The second kappa shape index (κ2) is 7.16. The first kappa shape index (κ1) is 13.1. The van der Waals surface area contributed by atoms with Crippen LogP contribution in [0.2, 0.25) is 0 Å². The summed E-state index contributed by atoms with van der Waals surface area (Å²) in [7, 11) is 0. The maximum Gasteiger partial charge on any atom is 0.220 e. The van der Waals surface area contributed by atoms with Gasteiger partial charge in [-0.05, 0) is 38.3 Å². The molecule has 1 saturated heterocycles. The lowest BCUT2D eigenvalue weighted by atomic mass is 9.93. The number of nitrogens with one attached hydrogen (secondary N) is 3. The number of amides is 1. The predicted molar refractivity (Wildman–Crippen MR) is 70.1 cm³/mol. The highest BCUT2D eigenvalue weighted by atomic mass is 16.1. The van der Waals surface area contributed by atoms with Crippen LogP contribution in [0.15, 0.2) is 12.4 Å². The van der Waals surface area contributed by atoms with Crippen LogP contribution in [0, 0.1) is 5.92 Å². The van der Waals surface area contributed by atoms with Gasteiger partial charge < -0.3 is 15.6 Å². The maximum absolute atomic E-state index is 11.7. The molecule has 5 nitrogen and oxygen atoms in total. The summed E-state index contributed by atoms with van der Waals surface area (Å²) in [6.45, 7) is 2.87. The molecule has 0 bridgehead atoms. The molecule has 0 radical (unpaired) electrons. The van der Waals surface area contributed by atoms with Crippen molar-refractivity contribution in [1.82, 2.24) is 20.6 Å². The Bertz CT molecular complexity index is 344. The van der Waals surface area contributed by atoms with Crippen LogP contribution >= 0.6 is 0 Å². The summed E-state index contributed by atoms with van der Waals surface area (Å²) in [6.07, 6.45) is 8.39. The molecule has 100 valence electrons. The Morgan fingerprint density at radius 1 is 1.44 bits per heavy atom. The standard InChI is InChI=1S/C13H22N4O/c18-13(2-1-11-3-6-14-7-4-11)17-8-5-12-15-9-10-16-12/h9-11,14H,1-8H2,(H,15,16)(H,17,18). The number of nitrogens with zero attached hydrogens (tertiary/aromatic N) is 1. The van der Waals surface area contributed by atoms with Gasteiger partial charge in [-0.15, -0.1) is 0 Å². The molecule has 0 spiro atoms. The zero-order valence-electron chi connectivity index (χ0n) is 10.7. The number of hydrogen-bond acceptors (Lipinski definition) is 3. The molecule has 0 aliphatic carbocycles. The van der Waals surface area contributed by atoms with E-state index >= 15 is 0 Å². The number of carbonyl (C=O) groups is 1. The minimum absolute atomic E-state index is 0.167. The second-order valence-corrected chi connectivity index (χ2v) is 4.87. The Morgan fingerprint density at radius 2 is 2.28 bits per heavy atom. The SMILES string of the molecule is O=C(CCC1CCNCC1)NCCc1ncc[nH]1. The monoisotopic (exact) mass is 250 g/mol. The molecule has 1 aromatic rings. The Hall–Kier alpha value is -1.36. The molecule has 1 aliphatic heterocycles. The van der Waals surface area contributed by atoms with Crippen molar-refractivity contribution >= 4 is 5.91 Å². The van der Waals surface area contributed by atoms with Crippen LogP contribution in [0.1, 0.15) is 31.5 Å². The zero-order chi connectivity index (χ0) is 12.6. The van der Waals surface area contributed by atoms with E-state index in [2.05, 4.69) is 20.6 Å². The van der Waals surface area contributed by atoms with E-state index in [0.29, 0.717) is 13.0 Å². The van der Waals surface area contributed by atoms with Crippen molar-refractivity contribution in [3.8, 4) is 0 Å². The number of carbonyl (C=O) groups excluding carboxylic acids is 1. The normalized spacial score (nSPS) is 16.7. The zero-order valence-corrected chi connectivity index (χ0v) is 10.7. The molecular weight excluding hydrogens is 228 g/mol. The summed E-state index contributed by atoms with van der Waals surface area (Å²) in [4.78, 5) is 18.8. The van der Waals surface area contributed by atoms with Gasteiger partial charge in [0.05, 0.1) is 0 Å². The minimum Gasteiger partial charge on any atom is -0.356 e. The third kappa shape index (κ3) is 4.49. The Morgan fingerprint density at radius 3 is 3.00 bits per heavy atom. The first-order valence-corrected chi connectivity index (χ1v) is 6.80. The van der Waals surface area contributed by atoms with Gasteiger partial charge >= 0.3 is 0 Å². The summed E-state index contributed by atoms with van der Waals surface area (Å²) >= 11 is 0. The van der Waals surface area contributed by atoms with Crippen molar-refractivity contribution in [1.29, 1.82) is 0 Å². The van der Waals surface area contributed by atoms with Crippen LogP contribution < -0.4 is 10.6 Å². The molecule has 2 rings (SSSR count). The first-order chi connectivity index (χ1) is 8.84. The molecule has 1 fully saturated rings. The third-order valence-corrected chi connectivity index (χ3v) is 3.48. The average molecular weight is 250 g/mol. The molecule has 3 N–H and O–H groups in total. The second-order valence-electron chi connectivity index (χ2n) is 4.87. The van der Waals surface area contributed by atoms with E-state index < -0.39 is 0 Å². The van der Waals surface area contributed by atoms with E-state index in [-0.39, 0.29) is 5.91 Å². The Kier molecular flexibility index (Phi) is 5.20. The van der Waals surface area contributed by atoms with Gasteiger partial charge in [0.2, 0.25) is 5.91 Å². The van der Waals surface area contributed by atoms with Crippen LogP contribution in [-0.4, -0.2) is 35.5 Å². The molecule has 0 atom stereocenters. The lowest BCUT2D eigenvalue weighted by Crippen LogP contribution is -2.30. The van der Waals surface area contributed by atoms with Gasteiger partial charge in [-0.3, -0.25) is 4.79 Å². The van der Waals surface area contributed by atoms with Gasteiger partial charge in [-0.25, -0.2) is 4.98 Å². The van der Waals surface area contributed by atoms with Crippen LogP contribution in [0.5, 0.6) is 0 Å². The Labute approximate surface area is 108 Å². The van der Waals surface area contributed by atoms with E-state index in [4.69, 9.17) is 0 Å². The number of piperidine rings is 1. The van der Waals surface area contributed by atoms with Crippen LogP contribution in [-0.2, 0) is 11.2 Å². The van der Waals surface area contributed by atoms with E-state index in [1.54, 1.807) is 12.4 Å². The largest absolute Gasteiger partial charge is 0.356 e. The minimum atomic E-state index is 0.167. The molecule has 1 aliphatic rings. The smallest absolute Gasteiger partial charge is 0.220 e. The van der Waals surface area contributed by atoms with Crippen molar-refractivity contribution in [3.05, 3.63) is 18.2 Å². The van der Waals surface area contributed by atoms with Crippen molar-refractivity contribution in [2.45, 2.75) is 32.1 Å². The summed E-state index contributed by atoms with van der Waals surface area (Å²) in [6, 6.07) is 0. The number of rotatable bonds is 6. The fraction of sp³-hybridized carbons (Fsp3) is 0.692. The summed E-state index contributed by atoms with van der Waals surface area (Å²) in [5.74, 6) is 1.82. The Balaban J connectivity index is 1.54. The van der Waals surface area contributed by atoms with Gasteiger partial charge in [-0.2, -0.15) is 0 Å². The molecule has 1 aromatic heterocycles. The quantitative estimate of drug-likeness (QED) is 0.701. The predicted octanol–water partition coefficient (Wildman–Crippen LogP) is 0.848. The topological polar surface area (TPSA) is 69.8 Å². The molecule has 0 saturated carbocycles. The fourth-order valence-electron chi connectivity index (χ4n) is 2.35.